The lowest BCUT2D eigenvalue weighted by Crippen LogP contribution is -2.41. The number of aromatic nitrogens is 1. The Morgan fingerprint density at radius 3 is 2.87 bits per heavy atom. The standard InChI is InChI=1S/C23H29ClN4O3/c1-14-4-2-3-5-18(14)26-21(29)9-8-20-22(30)28(23(31)27-20)11-10-15-13-25-19-7-6-16(24)12-17(15)19/h6-7,12-14,18,20,25H,2-5,8-11H2,1H3,(H,26,29)(H,27,31)/t14?,18?,20-/m0/s1. The molecule has 2 heterocycles. The first-order chi connectivity index (χ1) is 14.9. The second kappa shape index (κ2) is 9.30. The van der Waals surface area contributed by atoms with Crippen molar-refractivity contribution in [1.82, 2.24) is 20.5 Å². The predicted octanol–water partition coefficient (Wildman–Crippen LogP) is 3.76. The minimum absolute atomic E-state index is 0.0464. The molecule has 8 heteroatoms. The summed E-state index contributed by atoms with van der Waals surface area (Å²) in [5.41, 5.74) is 1.97. The van der Waals surface area contributed by atoms with Gasteiger partial charge in [-0.3, -0.25) is 14.5 Å². The van der Waals surface area contributed by atoms with Gasteiger partial charge in [0.2, 0.25) is 5.91 Å². The maximum atomic E-state index is 12.7. The highest BCUT2D eigenvalue weighted by Crippen LogP contribution is 2.25. The first-order valence-electron chi connectivity index (χ1n) is 11.1. The number of fused-ring (bicyclic) bond motifs is 1. The van der Waals surface area contributed by atoms with Crippen molar-refractivity contribution in [3.05, 3.63) is 35.0 Å². The van der Waals surface area contributed by atoms with Crippen LogP contribution < -0.4 is 10.6 Å². The molecule has 0 bridgehead atoms. The Bertz CT molecular complexity index is 988. The van der Waals surface area contributed by atoms with E-state index in [0.29, 0.717) is 23.8 Å². The monoisotopic (exact) mass is 444 g/mol. The van der Waals surface area contributed by atoms with Gasteiger partial charge in [-0.05, 0) is 55.4 Å². The first-order valence-corrected chi connectivity index (χ1v) is 11.5. The molecule has 3 N–H and O–H groups in total. The fourth-order valence-electron chi connectivity index (χ4n) is 4.66. The molecule has 1 aliphatic carbocycles. The number of nitrogens with one attached hydrogen (secondary N) is 3. The third-order valence-electron chi connectivity index (χ3n) is 6.56. The number of aromatic amines is 1. The SMILES string of the molecule is CC1CCCCC1NC(=O)CC[C@@H]1NC(=O)N(CCc2c[nH]c3ccc(Cl)cc23)C1=O. The van der Waals surface area contributed by atoms with Gasteiger partial charge in [0.25, 0.3) is 5.91 Å². The van der Waals surface area contributed by atoms with Crippen LogP contribution in [0.5, 0.6) is 0 Å². The van der Waals surface area contributed by atoms with Gasteiger partial charge in [0.1, 0.15) is 6.04 Å². The summed E-state index contributed by atoms with van der Waals surface area (Å²) < 4.78 is 0. The number of hydrogen-bond acceptors (Lipinski definition) is 3. The molecule has 2 aliphatic rings. The summed E-state index contributed by atoms with van der Waals surface area (Å²) in [5, 5.41) is 7.46. The van der Waals surface area contributed by atoms with Crippen LogP contribution in [0.4, 0.5) is 4.79 Å². The van der Waals surface area contributed by atoms with E-state index in [4.69, 9.17) is 11.6 Å². The number of benzene rings is 1. The van der Waals surface area contributed by atoms with E-state index in [1.165, 1.54) is 11.3 Å². The average Bonchev–Trinajstić information content (AvgIpc) is 3.26. The van der Waals surface area contributed by atoms with Gasteiger partial charge in [0.15, 0.2) is 0 Å². The Kier molecular flexibility index (Phi) is 6.51. The Balaban J connectivity index is 1.29. The molecule has 0 radical (unpaired) electrons. The van der Waals surface area contributed by atoms with Gasteiger partial charge in [-0.25, -0.2) is 4.79 Å². The number of carbonyl (C=O) groups excluding carboxylic acids is 3. The third-order valence-corrected chi connectivity index (χ3v) is 6.79. The number of nitrogens with zero attached hydrogens (tertiary/aromatic N) is 1. The molecule has 1 aliphatic heterocycles. The van der Waals surface area contributed by atoms with Crippen molar-refractivity contribution in [3.63, 3.8) is 0 Å². The molecule has 0 spiro atoms. The zero-order chi connectivity index (χ0) is 22.0. The lowest BCUT2D eigenvalue weighted by Gasteiger charge is -2.29. The second-order valence-corrected chi connectivity index (χ2v) is 9.16. The minimum Gasteiger partial charge on any atom is -0.361 e. The lowest BCUT2D eigenvalue weighted by molar-refractivity contribution is -0.127. The highest BCUT2D eigenvalue weighted by Gasteiger charge is 2.37. The number of halogens is 1. The highest BCUT2D eigenvalue weighted by molar-refractivity contribution is 6.31. The molecular formula is C23H29ClN4O3. The molecule has 2 aromatic rings. The molecule has 166 valence electrons. The topological polar surface area (TPSA) is 94.3 Å². The highest BCUT2D eigenvalue weighted by atomic mass is 35.5. The molecule has 4 amide bonds. The molecule has 3 atom stereocenters. The van der Waals surface area contributed by atoms with Crippen molar-refractivity contribution in [2.24, 2.45) is 5.92 Å². The van der Waals surface area contributed by atoms with Gasteiger partial charge in [0.05, 0.1) is 0 Å². The summed E-state index contributed by atoms with van der Waals surface area (Å²) in [5.74, 6) is 0.178. The minimum atomic E-state index is -0.639. The Morgan fingerprint density at radius 1 is 1.26 bits per heavy atom. The summed E-state index contributed by atoms with van der Waals surface area (Å²) in [6, 6.07) is 4.79. The fourth-order valence-corrected chi connectivity index (χ4v) is 4.83. The van der Waals surface area contributed by atoms with Crippen molar-refractivity contribution in [2.45, 2.75) is 64.0 Å². The van der Waals surface area contributed by atoms with Gasteiger partial charge >= 0.3 is 6.03 Å². The molecule has 7 nitrogen and oxygen atoms in total. The lowest BCUT2D eigenvalue weighted by atomic mass is 9.86. The number of urea groups is 1. The predicted molar refractivity (Wildman–Crippen MR) is 120 cm³/mol. The smallest absolute Gasteiger partial charge is 0.324 e. The van der Waals surface area contributed by atoms with E-state index < -0.39 is 12.1 Å². The van der Waals surface area contributed by atoms with Crippen LogP contribution in [0.3, 0.4) is 0 Å². The van der Waals surface area contributed by atoms with Gasteiger partial charge < -0.3 is 15.6 Å². The van der Waals surface area contributed by atoms with Crippen LogP contribution in [-0.4, -0.2) is 46.4 Å². The van der Waals surface area contributed by atoms with E-state index in [1.807, 2.05) is 24.4 Å². The van der Waals surface area contributed by atoms with Crippen LogP contribution in [0.2, 0.25) is 5.02 Å². The molecule has 2 fully saturated rings. The molecule has 4 rings (SSSR count). The third kappa shape index (κ3) is 4.87. The average molecular weight is 445 g/mol. The summed E-state index contributed by atoms with van der Waals surface area (Å²) >= 11 is 6.09. The van der Waals surface area contributed by atoms with Gasteiger partial charge in [-0.15, -0.1) is 0 Å². The van der Waals surface area contributed by atoms with Crippen molar-refractivity contribution < 1.29 is 14.4 Å². The largest absolute Gasteiger partial charge is 0.361 e. The van der Waals surface area contributed by atoms with Crippen LogP contribution in [0, 0.1) is 5.92 Å². The van der Waals surface area contributed by atoms with Crippen molar-refractivity contribution >= 4 is 40.3 Å². The Morgan fingerprint density at radius 2 is 2.06 bits per heavy atom. The molecule has 1 aromatic heterocycles. The first kappa shape index (κ1) is 21.7. The molecule has 31 heavy (non-hydrogen) atoms. The van der Waals surface area contributed by atoms with Crippen LogP contribution in [-0.2, 0) is 16.0 Å². The Hall–Kier alpha value is -2.54. The van der Waals surface area contributed by atoms with Crippen LogP contribution in [0.1, 0.15) is 51.0 Å². The summed E-state index contributed by atoms with van der Waals surface area (Å²) in [7, 11) is 0. The van der Waals surface area contributed by atoms with E-state index in [-0.39, 0.29) is 30.8 Å². The van der Waals surface area contributed by atoms with E-state index in [2.05, 4.69) is 22.5 Å². The van der Waals surface area contributed by atoms with Crippen molar-refractivity contribution in [1.29, 1.82) is 0 Å². The van der Waals surface area contributed by atoms with Crippen LogP contribution >= 0.6 is 11.6 Å². The van der Waals surface area contributed by atoms with E-state index in [9.17, 15) is 14.4 Å². The number of rotatable bonds is 7. The number of hydrogen-bond donors (Lipinski definition) is 3. The fraction of sp³-hybridized carbons (Fsp3) is 0.522. The number of amides is 4. The van der Waals surface area contributed by atoms with Gasteiger partial charge in [-0.2, -0.15) is 0 Å². The van der Waals surface area contributed by atoms with E-state index in [1.54, 1.807) is 0 Å². The van der Waals surface area contributed by atoms with Gasteiger partial charge in [0, 0.05) is 41.1 Å². The van der Waals surface area contributed by atoms with E-state index >= 15 is 0 Å². The maximum Gasteiger partial charge on any atom is 0.324 e. The van der Waals surface area contributed by atoms with Gasteiger partial charge in [-0.1, -0.05) is 31.4 Å². The normalized spacial score (nSPS) is 23.9. The van der Waals surface area contributed by atoms with Crippen LogP contribution in [0.15, 0.2) is 24.4 Å². The number of H-pyrrole nitrogens is 1. The van der Waals surface area contributed by atoms with Crippen molar-refractivity contribution in [3.8, 4) is 0 Å². The zero-order valence-electron chi connectivity index (χ0n) is 17.7. The molecule has 2 unspecified atom stereocenters. The zero-order valence-corrected chi connectivity index (χ0v) is 18.5. The molecule has 1 saturated heterocycles. The second-order valence-electron chi connectivity index (χ2n) is 8.72. The molecule has 1 saturated carbocycles. The van der Waals surface area contributed by atoms with Crippen molar-refractivity contribution in [2.75, 3.05) is 6.54 Å². The van der Waals surface area contributed by atoms with E-state index in [0.717, 1.165) is 35.7 Å². The quantitative estimate of drug-likeness (QED) is 0.567. The Labute approximate surface area is 186 Å². The summed E-state index contributed by atoms with van der Waals surface area (Å²) in [6.45, 7) is 2.46. The number of carbonyl (C=O) groups is 3. The van der Waals surface area contributed by atoms with Crippen LogP contribution in [0.25, 0.3) is 10.9 Å². The summed E-state index contributed by atoms with van der Waals surface area (Å²) in [4.78, 5) is 41.9. The molecular weight excluding hydrogens is 416 g/mol. The number of imide groups is 1. The summed E-state index contributed by atoms with van der Waals surface area (Å²) in [6.07, 6.45) is 7.48. The maximum absolute atomic E-state index is 12.7. The molecule has 1 aromatic carbocycles.